The number of nitrogens with zero attached hydrogens (tertiary/aromatic N) is 4. The number of rotatable bonds is 3. The fourth-order valence-electron chi connectivity index (χ4n) is 4.03. The number of hydrogen-bond acceptors (Lipinski definition) is 6. The van der Waals surface area contributed by atoms with Crippen LogP contribution in [0.4, 0.5) is 10.1 Å². The largest absolute Gasteiger partial charge is 0.508 e. The average Bonchev–Trinajstić information content (AvgIpc) is 3.20. The lowest BCUT2D eigenvalue weighted by Crippen LogP contribution is -2.48. The van der Waals surface area contributed by atoms with Crippen LogP contribution < -0.4 is 4.90 Å². The van der Waals surface area contributed by atoms with Crippen molar-refractivity contribution in [2.75, 3.05) is 31.1 Å². The van der Waals surface area contributed by atoms with Crippen LogP contribution in [0.2, 0.25) is 0 Å². The van der Waals surface area contributed by atoms with Crippen molar-refractivity contribution in [3.63, 3.8) is 0 Å². The fourth-order valence-corrected chi connectivity index (χ4v) is 4.03. The Kier molecular flexibility index (Phi) is 4.97. The third-order valence-electron chi connectivity index (χ3n) is 5.77. The molecule has 0 unspecified atom stereocenters. The molecule has 1 aliphatic rings. The lowest BCUT2D eigenvalue weighted by atomic mass is 10.0. The molecule has 1 N–H and O–H groups in total. The summed E-state index contributed by atoms with van der Waals surface area (Å²) in [4.78, 5) is 22.0. The maximum atomic E-state index is 13.5. The van der Waals surface area contributed by atoms with Crippen LogP contribution in [0.25, 0.3) is 22.4 Å². The Morgan fingerprint density at radius 1 is 1.03 bits per heavy atom. The topological polar surface area (TPSA) is 82.7 Å². The van der Waals surface area contributed by atoms with Gasteiger partial charge in [0, 0.05) is 37.4 Å². The lowest BCUT2D eigenvalue weighted by Gasteiger charge is -2.36. The molecule has 0 aliphatic carbocycles. The maximum Gasteiger partial charge on any atom is 0.259 e. The van der Waals surface area contributed by atoms with Gasteiger partial charge in [-0.25, -0.2) is 9.37 Å². The van der Waals surface area contributed by atoms with Crippen LogP contribution in [0.15, 0.2) is 59.1 Å². The van der Waals surface area contributed by atoms with Gasteiger partial charge in [-0.1, -0.05) is 5.16 Å². The number of aryl methyl sites for hydroxylation is 1. The Labute approximate surface area is 183 Å². The molecule has 2 aromatic carbocycles. The maximum absolute atomic E-state index is 13.5. The van der Waals surface area contributed by atoms with Gasteiger partial charge in [-0.2, -0.15) is 0 Å². The highest BCUT2D eigenvalue weighted by Gasteiger charge is 2.26. The van der Waals surface area contributed by atoms with Gasteiger partial charge in [0.1, 0.15) is 11.6 Å². The van der Waals surface area contributed by atoms with E-state index in [4.69, 9.17) is 4.52 Å². The van der Waals surface area contributed by atoms with Gasteiger partial charge in [0.25, 0.3) is 11.6 Å². The van der Waals surface area contributed by atoms with Crippen molar-refractivity contribution in [3.05, 3.63) is 71.7 Å². The van der Waals surface area contributed by atoms with Gasteiger partial charge in [0.05, 0.1) is 22.3 Å². The van der Waals surface area contributed by atoms with E-state index in [1.807, 2.05) is 17.0 Å². The van der Waals surface area contributed by atoms with E-state index in [0.29, 0.717) is 54.1 Å². The first-order valence-electron chi connectivity index (χ1n) is 10.4. The molecule has 5 rings (SSSR count). The number of fused-ring (bicyclic) bond motifs is 1. The van der Waals surface area contributed by atoms with Gasteiger partial charge in [0.2, 0.25) is 0 Å². The molecule has 162 valence electrons. The summed E-state index contributed by atoms with van der Waals surface area (Å²) < 4.78 is 18.7. The lowest BCUT2D eigenvalue weighted by molar-refractivity contribution is 0.0748. The molecule has 0 bridgehead atoms. The first-order chi connectivity index (χ1) is 15.5. The van der Waals surface area contributed by atoms with E-state index in [9.17, 15) is 14.3 Å². The second-order valence-electron chi connectivity index (χ2n) is 7.81. The molecule has 8 heteroatoms. The summed E-state index contributed by atoms with van der Waals surface area (Å²) in [5.41, 5.74) is 3.59. The number of benzene rings is 2. The highest BCUT2D eigenvalue weighted by molar-refractivity contribution is 6.07. The molecule has 0 atom stereocenters. The highest BCUT2D eigenvalue weighted by atomic mass is 19.1. The van der Waals surface area contributed by atoms with E-state index in [2.05, 4.69) is 15.0 Å². The molecule has 1 aliphatic heterocycles. The third-order valence-corrected chi connectivity index (χ3v) is 5.77. The van der Waals surface area contributed by atoms with E-state index in [0.717, 1.165) is 5.69 Å². The molecule has 0 radical (unpaired) electrons. The van der Waals surface area contributed by atoms with E-state index < -0.39 is 0 Å². The van der Waals surface area contributed by atoms with Gasteiger partial charge < -0.3 is 19.4 Å². The molecule has 3 heterocycles. The van der Waals surface area contributed by atoms with Crippen molar-refractivity contribution in [3.8, 4) is 17.0 Å². The SMILES string of the molecule is Cc1noc2nc(-c3ccc(F)cc3)cc(C(=O)N3CCN(c4ccc(O)cc4)CC3)c12. The monoisotopic (exact) mass is 432 g/mol. The summed E-state index contributed by atoms with van der Waals surface area (Å²) in [6.45, 7) is 4.25. The Bertz CT molecular complexity index is 1280. The molecule has 7 nitrogen and oxygen atoms in total. The molecule has 1 amide bonds. The number of carbonyl (C=O) groups is 1. The first kappa shape index (κ1) is 20.0. The second-order valence-corrected chi connectivity index (χ2v) is 7.81. The van der Waals surface area contributed by atoms with Gasteiger partial charge >= 0.3 is 0 Å². The average molecular weight is 432 g/mol. The predicted molar refractivity (Wildman–Crippen MR) is 118 cm³/mol. The number of piperazine rings is 1. The number of aromatic hydroxyl groups is 1. The minimum absolute atomic E-state index is 0.114. The van der Waals surface area contributed by atoms with E-state index in [1.165, 1.54) is 12.1 Å². The number of aromatic nitrogens is 2. The van der Waals surface area contributed by atoms with Gasteiger partial charge in [-0.15, -0.1) is 0 Å². The number of carbonyl (C=O) groups excluding carboxylic acids is 1. The van der Waals surface area contributed by atoms with Crippen LogP contribution in [0.5, 0.6) is 5.75 Å². The van der Waals surface area contributed by atoms with Crippen molar-refractivity contribution in [2.45, 2.75) is 6.92 Å². The molecule has 1 saturated heterocycles. The standard InChI is InChI=1S/C24H21FN4O3/c1-15-22-20(14-21(26-23(22)32-27-15)16-2-4-17(25)5-3-16)24(31)29-12-10-28(11-13-29)18-6-8-19(30)9-7-18/h2-9,14,30H,10-13H2,1H3. The summed E-state index contributed by atoms with van der Waals surface area (Å²) in [5, 5.41) is 14.1. The fraction of sp³-hybridized carbons (Fsp3) is 0.208. The third kappa shape index (κ3) is 3.64. The molecular weight excluding hydrogens is 411 g/mol. The van der Waals surface area contributed by atoms with Crippen LogP contribution in [0.1, 0.15) is 16.1 Å². The number of amides is 1. The Hall–Kier alpha value is -3.94. The Morgan fingerprint density at radius 3 is 2.41 bits per heavy atom. The number of phenols is 1. The quantitative estimate of drug-likeness (QED) is 0.527. The smallest absolute Gasteiger partial charge is 0.259 e. The Morgan fingerprint density at radius 2 is 1.72 bits per heavy atom. The molecule has 4 aromatic rings. The molecular formula is C24H21FN4O3. The van der Waals surface area contributed by atoms with Crippen LogP contribution in [0, 0.1) is 12.7 Å². The molecule has 0 saturated carbocycles. The summed E-state index contributed by atoms with van der Waals surface area (Å²) >= 11 is 0. The zero-order valence-electron chi connectivity index (χ0n) is 17.5. The number of phenolic OH excluding ortho intramolecular Hbond substituents is 1. The van der Waals surface area contributed by atoms with Crippen LogP contribution in [0.3, 0.4) is 0 Å². The summed E-state index contributed by atoms with van der Waals surface area (Å²) in [5.74, 6) is -0.226. The molecule has 0 spiro atoms. The van der Waals surface area contributed by atoms with Gasteiger partial charge in [-0.05, 0) is 61.5 Å². The summed E-state index contributed by atoms with van der Waals surface area (Å²) in [6.07, 6.45) is 0. The minimum atomic E-state index is -0.340. The number of hydrogen-bond donors (Lipinski definition) is 1. The van der Waals surface area contributed by atoms with Crippen molar-refractivity contribution < 1.29 is 18.8 Å². The number of halogens is 1. The summed E-state index contributed by atoms with van der Waals surface area (Å²) in [7, 11) is 0. The molecule has 1 fully saturated rings. The highest BCUT2D eigenvalue weighted by Crippen LogP contribution is 2.29. The predicted octanol–water partition coefficient (Wildman–Crippen LogP) is 4.01. The van der Waals surface area contributed by atoms with Crippen molar-refractivity contribution in [1.82, 2.24) is 15.0 Å². The minimum Gasteiger partial charge on any atom is -0.508 e. The van der Waals surface area contributed by atoms with Crippen LogP contribution >= 0.6 is 0 Å². The second kappa shape index (κ2) is 7.96. The normalized spacial score (nSPS) is 14.2. The van der Waals surface area contributed by atoms with Crippen LogP contribution in [-0.2, 0) is 0 Å². The van der Waals surface area contributed by atoms with Crippen molar-refractivity contribution in [2.24, 2.45) is 0 Å². The van der Waals surface area contributed by atoms with E-state index in [1.54, 1.807) is 37.3 Å². The van der Waals surface area contributed by atoms with Crippen molar-refractivity contribution >= 4 is 22.7 Å². The first-order valence-corrected chi connectivity index (χ1v) is 10.4. The van der Waals surface area contributed by atoms with Gasteiger partial charge in [0.15, 0.2) is 0 Å². The summed E-state index contributed by atoms with van der Waals surface area (Å²) in [6, 6.07) is 14.7. The molecule has 32 heavy (non-hydrogen) atoms. The molecule has 2 aromatic heterocycles. The van der Waals surface area contributed by atoms with Gasteiger partial charge in [-0.3, -0.25) is 4.79 Å². The van der Waals surface area contributed by atoms with E-state index >= 15 is 0 Å². The zero-order valence-corrected chi connectivity index (χ0v) is 17.5. The number of anilines is 1. The zero-order chi connectivity index (χ0) is 22.2. The van der Waals surface area contributed by atoms with Crippen molar-refractivity contribution in [1.29, 1.82) is 0 Å². The number of pyridine rings is 1. The Balaban J connectivity index is 1.43. The van der Waals surface area contributed by atoms with Crippen LogP contribution in [-0.4, -0.2) is 52.2 Å². The van der Waals surface area contributed by atoms with E-state index in [-0.39, 0.29) is 23.2 Å².